The number of rotatable bonds is 8. The van der Waals surface area contributed by atoms with E-state index in [1.807, 2.05) is 12.1 Å². The molecule has 0 atom stereocenters. The second kappa shape index (κ2) is 11.0. The summed E-state index contributed by atoms with van der Waals surface area (Å²) in [6.07, 6.45) is -0.432. The van der Waals surface area contributed by atoms with E-state index >= 15 is 0 Å². The quantitative estimate of drug-likeness (QED) is 0.598. The minimum atomic E-state index is -0.582. The third-order valence-electron chi connectivity index (χ3n) is 4.04. The molecule has 0 aliphatic rings. The normalized spacial score (nSPS) is 10.7. The predicted molar refractivity (Wildman–Crippen MR) is 118 cm³/mol. The first-order valence-electron chi connectivity index (χ1n) is 9.94. The van der Waals surface area contributed by atoms with Crippen molar-refractivity contribution in [3.63, 3.8) is 0 Å². The molecular formula is C23H29N3O5. The minimum absolute atomic E-state index is 0.123. The molecule has 2 aromatic rings. The fourth-order valence-electron chi connectivity index (χ4n) is 2.57. The smallest absolute Gasteiger partial charge is 0.407 e. The average Bonchev–Trinajstić information content (AvgIpc) is 2.71. The Morgan fingerprint density at radius 3 is 2.32 bits per heavy atom. The third-order valence-corrected chi connectivity index (χ3v) is 4.04. The zero-order valence-corrected chi connectivity index (χ0v) is 18.3. The van der Waals surface area contributed by atoms with Gasteiger partial charge < -0.3 is 25.4 Å². The highest BCUT2D eigenvalue weighted by molar-refractivity contribution is 5.94. The molecule has 2 rings (SSSR count). The first-order chi connectivity index (χ1) is 14.7. The van der Waals surface area contributed by atoms with Gasteiger partial charge in [0.15, 0.2) is 0 Å². The van der Waals surface area contributed by atoms with Crippen molar-refractivity contribution in [1.29, 1.82) is 0 Å². The lowest BCUT2D eigenvalue weighted by atomic mass is 10.1. The van der Waals surface area contributed by atoms with Crippen molar-refractivity contribution < 1.29 is 23.9 Å². The number of carbonyl (C=O) groups is 3. The third kappa shape index (κ3) is 8.77. The number of ether oxygens (including phenoxy) is 2. The van der Waals surface area contributed by atoms with Crippen LogP contribution in [0.3, 0.4) is 0 Å². The topological polar surface area (TPSA) is 106 Å². The van der Waals surface area contributed by atoms with Crippen molar-refractivity contribution in [3.05, 3.63) is 59.7 Å². The van der Waals surface area contributed by atoms with Crippen molar-refractivity contribution in [2.45, 2.75) is 39.3 Å². The van der Waals surface area contributed by atoms with Crippen LogP contribution in [0.2, 0.25) is 0 Å². The van der Waals surface area contributed by atoms with Crippen molar-refractivity contribution in [2.24, 2.45) is 0 Å². The highest BCUT2D eigenvalue weighted by atomic mass is 16.6. The number of alkyl carbamates (subject to hydrolysis) is 1. The van der Waals surface area contributed by atoms with E-state index in [9.17, 15) is 14.4 Å². The Balaban J connectivity index is 1.75. The zero-order chi connectivity index (χ0) is 22.9. The van der Waals surface area contributed by atoms with Gasteiger partial charge in [0.05, 0.1) is 7.11 Å². The fraction of sp³-hybridized carbons (Fsp3) is 0.348. The molecule has 0 aromatic heterocycles. The highest BCUT2D eigenvalue weighted by Crippen LogP contribution is 2.13. The van der Waals surface area contributed by atoms with Crippen molar-refractivity contribution in [1.82, 2.24) is 10.6 Å². The maximum absolute atomic E-state index is 12.3. The summed E-state index contributed by atoms with van der Waals surface area (Å²) >= 11 is 0. The van der Waals surface area contributed by atoms with Crippen LogP contribution in [0.5, 0.6) is 5.75 Å². The highest BCUT2D eigenvalue weighted by Gasteiger charge is 2.16. The molecule has 0 aliphatic heterocycles. The van der Waals surface area contributed by atoms with Gasteiger partial charge >= 0.3 is 6.09 Å². The molecule has 8 nitrogen and oxygen atoms in total. The van der Waals surface area contributed by atoms with Crippen LogP contribution < -0.4 is 20.7 Å². The molecule has 0 heterocycles. The van der Waals surface area contributed by atoms with Gasteiger partial charge in [-0.05, 0) is 56.7 Å². The Kier molecular flexibility index (Phi) is 8.43. The second-order valence-electron chi connectivity index (χ2n) is 7.84. The number of anilines is 1. The molecule has 0 aliphatic carbocycles. The molecule has 0 radical (unpaired) electrons. The summed E-state index contributed by atoms with van der Waals surface area (Å²) in [5.41, 5.74) is 1.45. The van der Waals surface area contributed by atoms with Crippen LogP contribution >= 0.6 is 0 Å². The van der Waals surface area contributed by atoms with E-state index in [1.54, 1.807) is 64.3 Å². The van der Waals surface area contributed by atoms with E-state index in [0.717, 1.165) is 5.56 Å². The van der Waals surface area contributed by atoms with Crippen LogP contribution in [0.1, 0.15) is 43.1 Å². The number of methoxy groups -OCH3 is 1. The van der Waals surface area contributed by atoms with Crippen molar-refractivity contribution in [2.75, 3.05) is 19.0 Å². The molecular weight excluding hydrogens is 398 g/mol. The summed E-state index contributed by atoms with van der Waals surface area (Å²) in [6, 6.07) is 14.1. The van der Waals surface area contributed by atoms with E-state index < -0.39 is 11.7 Å². The predicted octanol–water partition coefficient (Wildman–Crippen LogP) is 3.48. The van der Waals surface area contributed by atoms with E-state index in [1.165, 1.54) is 0 Å². The number of hydrogen-bond donors (Lipinski definition) is 3. The summed E-state index contributed by atoms with van der Waals surface area (Å²) in [4.78, 5) is 35.8. The maximum atomic E-state index is 12.3. The van der Waals surface area contributed by atoms with Gasteiger partial charge in [-0.2, -0.15) is 0 Å². The molecule has 8 heteroatoms. The van der Waals surface area contributed by atoms with Gasteiger partial charge in [-0.25, -0.2) is 4.79 Å². The molecule has 166 valence electrons. The lowest BCUT2D eigenvalue weighted by Crippen LogP contribution is -2.34. The summed E-state index contributed by atoms with van der Waals surface area (Å²) < 4.78 is 10.2. The summed E-state index contributed by atoms with van der Waals surface area (Å²) in [7, 11) is 1.55. The van der Waals surface area contributed by atoms with Gasteiger partial charge in [-0.1, -0.05) is 18.2 Å². The van der Waals surface area contributed by atoms with Crippen LogP contribution in [0.4, 0.5) is 10.5 Å². The maximum Gasteiger partial charge on any atom is 0.407 e. The second-order valence-corrected chi connectivity index (χ2v) is 7.84. The first kappa shape index (κ1) is 23.7. The Morgan fingerprint density at radius 1 is 0.968 bits per heavy atom. The largest absolute Gasteiger partial charge is 0.497 e. The molecule has 0 fully saturated rings. The Labute approximate surface area is 182 Å². The van der Waals surface area contributed by atoms with E-state index in [4.69, 9.17) is 9.47 Å². The van der Waals surface area contributed by atoms with E-state index in [-0.39, 0.29) is 24.8 Å². The molecule has 3 N–H and O–H groups in total. The fourth-order valence-corrected chi connectivity index (χ4v) is 2.57. The Hall–Kier alpha value is -3.55. The number of nitrogens with one attached hydrogen (secondary N) is 3. The molecule has 0 saturated heterocycles. The van der Waals surface area contributed by atoms with Gasteiger partial charge in [-0.3, -0.25) is 9.59 Å². The van der Waals surface area contributed by atoms with E-state index in [2.05, 4.69) is 16.0 Å². The summed E-state index contributed by atoms with van der Waals surface area (Å²) in [6.45, 7) is 5.84. The minimum Gasteiger partial charge on any atom is -0.497 e. The van der Waals surface area contributed by atoms with Gasteiger partial charge in [-0.15, -0.1) is 0 Å². The van der Waals surface area contributed by atoms with Crippen LogP contribution in [0, 0.1) is 0 Å². The Bertz CT molecular complexity index is 904. The van der Waals surface area contributed by atoms with Crippen LogP contribution in [0.25, 0.3) is 0 Å². The van der Waals surface area contributed by atoms with Crippen LogP contribution in [-0.2, 0) is 16.1 Å². The van der Waals surface area contributed by atoms with E-state index in [0.29, 0.717) is 23.5 Å². The number of carbonyl (C=O) groups excluding carboxylic acids is 3. The van der Waals surface area contributed by atoms with Gasteiger partial charge in [0.1, 0.15) is 11.4 Å². The lowest BCUT2D eigenvalue weighted by molar-refractivity contribution is -0.116. The Morgan fingerprint density at radius 2 is 1.68 bits per heavy atom. The average molecular weight is 428 g/mol. The summed E-state index contributed by atoms with van der Waals surface area (Å²) in [5.74, 6) is 0.193. The molecule has 0 unspecified atom stereocenters. The SMILES string of the molecule is COc1cccc(C(=O)NCc2ccc(NC(=O)CCNC(=O)OC(C)(C)C)cc2)c1. The first-order valence-corrected chi connectivity index (χ1v) is 9.94. The molecule has 0 saturated carbocycles. The number of amides is 3. The van der Waals surface area contributed by atoms with Crippen LogP contribution in [-0.4, -0.2) is 37.2 Å². The monoisotopic (exact) mass is 427 g/mol. The molecule has 2 aromatic carbocycles. The van der Waals surface area contributed by atoms with Gasteiger partial charge in [0, 0.05) is 30.8 Å². The van der Waals surface area contributed by atoms with Gasteiger partial charge in [0.2, 0.25) is 5.91 Å². The molecule has 0 bridgehead atoms. The van der Waals surface area contributed by atoms with Gasteiger partial charge in [0.25, 0.3) is 5.91 Å². The van der Waals surface area contributed by atoms with Crippen LogP contribution in [0.15, 0.2) is 48.5 Å². The zero-order valence-electron chi connectivity index (χ0n) is 18.3. The molecule has 3 amide bonds. The summed E-state index contributed by atoms with van der Waals surface area (Å²) in [5, 5.41) is 8.15. The molecule has 0 spiro atoms. The standard InChI is InChI=1S/C23H29N3O5/c1-23(2,3)31-22(29)24-13-12-20(27)26-18-10-8-16(9-11-18)15-25-21(28)17-6-5-7-19(14-17)30-4/h5-11,14H,12-13,15H2,1-4H3,(H,24,29)(H,25,28)(H,26,27). The van der Waals surface area contributed by atoms with Crippen molar-refractivity contribution >= 4 is 23.6 Å². The molecule has 31 heavy (non-hydrogen) atoms. The number of benzene rings is 2. The lowest BCUT2D eigenvalue weighted by Gasteiger charge is -2.19. The van der Waals surface area contributed by atoms with Crippen molar-refractivity contribution in [3.8, 4) is 5.75 Å². The number of hydrogen-bond acceptors (Lipinski definition) is 5.